The van der Waals surface area contributed by atoms with Gasteiger partial charge in [0.1, 0.15) is 16.3 Å². The van der Waals surface area contributed by atoms with E-state index in [1.165, 1.54) is 0 Å². The largest absolute Gasteiger partial charge is 0.336 e. The standard InChI is InChI=1S/C10H8ClF4NO3S/c1-16(4-7(13)14)10(17)8-5(12)2-3-6(9(8)15)20(11,18)19/h2-3,7H,4H2,1H3. The highest BCUT2D eigenvalue weighted by Gasteiger charge is 2.28. The van der Waals surface area contributed by atoms with Crippen LogP contribution in [0.15, 0.2) is 17.0 Å². The molecular weight excluding hydrogens is 326 g/mol. The van der Waals surface area contributed by atoms with E-state index in [-0.39, 0.29) is 0 Å². The van der Waals surface area contributed by atoms with E-state index in [2.05, 4.69) is 0 Å². The van der Waals surface area contributed by atoms with Crippen LogP contribution in [-0.2, 0) is 9.05 Å². The predicted molar refractivity (Wildman–Crippen MR) is 62.4 cm³/mol. The van der Waals surface area contributed by atoms with Gasteiger partial charge in [-0.3, -0.25) is 4.79 Å². The maximum atomic E-state index is 13.8. The van der Waals surface area contributed by atoms with Gasteiger partial charge in [0.25, 0.3) is 21.4 Å². The first-order valence-corrected chi connectivity index (χ1v) is 7.33. The molecule has 1 aromatic rings. The summed E-state index contributed by atoms with van der Waals surface area (Å²) >= 11 is 0. The summed E-state index contributed by atoms with van der Waals surface area (Å²) < 4.78 is 73.6. The average Bonchev–Trinajstić information content (AvgIpc) is 2.25. The molecule has 1 amide bonds. The van der Waals surface area contributed by atoms with Gasteiger partial charge in [0.05, 0.1) is 6.54 Å². The molecule has 0 heterocycles. The minimum Gasteiger partial charge on any atom is -0.336 e. The summed E-state index contributed by atoms with van der Waals surface area (Å²) in [7, 11) is 1.28. The molecular formula is C10H8ClF4NO3S. The first kappa shape index (κ1) is 16.7. The molecule has 112 valence electrons. The van der Waals surface area contributed by atoms with Gasteiger partial charge in [-0.1, -0.05) is 0 Å². The Kier molecular flexibility index (Phi) is 4.98. The van der Waals surface area contributed by atoms with Crippen LogP contribution in [0.5, 0.6) is 0 Å². The molecule has 0 radical (unpaired) electrons. The molecule has 0 N–H and O–H groups in total. The molecule has 0 saturated carbocycles. The topological polar surface area (TPSA) is 54.5 Å². The van der Waals surface area contributed by atoms with Gasteiger partial charge in [-0.15, -0.1) is 0 Å². The van der Waals surface area contributed by atoms with Gasteiger partial charge in [0, 0.05) is 17.7 Å². The van der Waals surface area contributed by atoms with Crippen molar-refractivity contribution in [1.29, 1.82) is 0 Å². The fourth-order valence-electron chi connectivity index (χ4n) is 1.40. The molecule has 1 aromatic carbocycles. The first-order chi connectivity index (χ1) is 9.05. The average molecular weight is 334 g/mol. The van der Waals surface area contributed by atoms with E-state index in [0.717, 1.165) is 7.05 Å². The first-order valence-electron chi connectivity index (χ1n) is 5.02. The lowest BCUT2D eigenvalue weighted by Gasteiger charge is -2.17. The zero-order chi connectivity index (χ0) is 15.7. The Labute approximate surface area is 116 Å². The second-order valence-corrected chi connectivity index (χ2v) is 6.28. The summed E-state index contributed by atoms with van der Waals surface area (Å²) in [5.74, 6) is -4.51. The van der Waals surface area contributed by atoms with Crippen LogP contribution in [0.3, 0.4) is 0 Å². The number of carbonyl (C=O) groups excluding carboxylic acids is 1. The van der Waals surface area contributed by atoms with E-state index in [1.54, 1.807) is 0 Å². The molecule has 0 atom stereocenters. The smallest absolute Gasteiger partial charge is 0.264 e. The number of alkyl halides is 2. The monoisotopic (exact) mass is 333 g/mol. The molecule has 0 fully saturated rings. The number of hydrogen-bond donors (Lipinski definition) is 0. The van der Waals surface area contributed by atoms with Gasteiger partial charge in [0.15, 0.2) is 5.82 Å². The minimum atomic E-state index is -4.54. The maximum Gasteiger partial charge on any atom is 0.264 e. The molecule has 1 rings (SSSR count). The van der Waals surface area contributed by atoms with Crippen molar-refractivity contribution >= 4 is 25.6 Å². The zero-order valence-electron chi connectivity index (χ0n) is 9.91. The van der Waals surface area contributed by atoms with Gasteiger partial charge in [-0.25, -0.2) is 26.0 Å². The number of nitrogens with zero attached hydrogens (tertiary/aromatic N) is 1. The van der Waals surface area contributed by atoms with Crippen molar-refractivity contribution in [3.63, 3.8) is 0 Å². The Morgan fingerprint density at radius 2 is 1.90 bits per heavy atom. The molecule has 0 aromatic heterocycles. The highest BCUT2D eigenvalue weighted by atomic mass is 35.7. The van der Waals surface area contributed by atoms with Crippen LogP contribution in [-0.4, -0.2) is 39.2 Å². The van der Waals surface area contributed by atoms with Gasteiger partial charge in [-0.2, -0.15) is 0 Å². The SMILES string of the molecule is CN(CC(F)F)C(=O)c1c(F)ccc(S(=O)(=O)Cl)c1F. The lowest BCUT2D eigenvalue weighted by atomic mass is 10.1. The van der Waals surface area contributed by atoms with Crippen LogP contribution in [0, 0.1) is 11.6 Å². The Hall–Kier alpha value is -1.35. The fourth-order valence-corrected chi connectivity index (χ4v) is 2.30. The molecule has 0 unspecified atom stereocenters. The highest BCUT2D eigenvalue weighted by molar-refractivity contribution is 8.13. The molecule has 10 heteroatoms. The van der Waals surface area contributed by atoms with E-state index in [9.17, 15) is 30.8 Å². The lowest BCUT2D eigenvalue weighted by molar-refractivity contribution is 0.0611. The Morgan fingerprint density at radius 1 is 1.35 bits per heavy atom. The van der Waals surface area contributed by atoms with Gasteiger partial charge in [-0.05, 0) is 12.1 Å². The fraction of sp³-hybridized carbons (Fsp3) is 0.300. The van der Waals surface area contributed by atoms with E-state index in [4.69, 9.17) is 10.7 Å². The number of benzene rings is 1. The molecule has 0 aliphatic rings. The normalized spacial score (nSPS) is 11.8. The molecule has 0 bridgehead atoms. The van der Waals surface area contributed by atoms with Crippen LogP contribution >= 0.6 is 10.7 Å². The van der Waals surface area contributed by atoms with E-state index in [0.29, 0.717) is 17.0 Å². The second-order valence-electron chi connectivity index (χ2n) is 3.75. The van der Waals surface area contributed by atoms with E-state index >= 15 is 0 Å². The van der Waals surface area contributed by atoms with Crippen molar-refractivity contribution in [2.24, 2.45) is 0 Å². The minimum absolute atomic E-state index is 0.372. The lowest BCUT2D eigenvalue weighted by Crippen LogP contribution is -2.32. The van der Waals surface area contributed by atoms with Gasteiger partial charge < -0.3 is 4.90 Å². The van der Waals surface area contributed by atoms with Crippen molar-refractivity contribution in [3.05, 3.63) is 29.3 Å². The Bertz CT molecular complexity index is 636. The van der Waals surface area contributed by atoms with Crippen molar-refractivity contribution in [3.8, 4) is 0 Å². The van der Waals surface area contributed by atoms with Crippen molar-refractivity contribution < 1.29 is 30.8 Å². The van der Waals surface area contributed by atoms with Crippen LogP contribution in [0.4, 0.5) is 17.6 Å². The number of carbonyl (C=O) groups is 1. The highest BCUT2D eigenvalue weighted by Crippen LogP contribution is 2.24. The summed E-state index contributed by atoms with van der Waals surface area (Å²) in [6.45, 7) is -1.06. The second kappa shape index (κ2) is 5.96. The van der Waals surface area contributed by atoms with Crippen LogP contribution in [0.25, 0.3) is 0 Å². The summed E-state index contributed by atoms with van der Waals surface area (Å²) in [6, 6.07) is 1.05. The zero-order valence-corrected chi connectivity index (χ0v) is 11.5. The quantitative estimate of drug-likeness (QED) is 0.627. The van der Waals surface area contributed by atoms with Gasteiger partial charge in [0.2, 0.25) is 0 Å². The van der Waals surface area contributed by atoms with Crippen molar-refractivity contribution in [2.75, 3.05) is 13.6 Å². The van der Waals surface area contributed by atoms with Crippen molar-refractivity contribution in [1.82, 2.24) is 4.90 Å². The third-order valence-electron chi connectivity index (χ3n) is 2.29. The Balaban J connectivity index is 3.35. The van der Waals surface area contributed by atoms with Crippen LogP contribution < -0.4 is 0 Å². The Morgan fingerprint density at radius 3 is 2.35 bits per heavy atom. The molecule has 0 aliphatic carbocycles. The van der Waals surface area contributed by atoms with Crippen molar-refractivity contribution in [2.45, 2.75) is 11.3 Å². The molecule has 0 aliphatic heterocycles. The van der Waals surface area contributed by atoms with Gasteiger partial charge >= 0.3 is 0 Å². The summed E-state index contributed by atoms with van der Waals surface area (Å²) in [5, 5.41) is 0. The van der Waals surface area contributed by atoms with Crippen LogP contribution in [0.1, 0.15) is 10.4 Å². The number of halogens is 5. The number of amides is 1. The molecule has 20 heavy (non-hydrogen) atoms. The van der Waals surface area contributed by atoms with E-state index in [1.807, 2.05) is 0 Å². The third-order valence-corrected chi connectivity index (χ3v) is 3.63. The molecule has 0 saturated heterocycles. The predicted octanol–water partition coefficient (Wildman–Crippen LogP) is 2.23. The summed E-state index contributed by atoms with van der Waals surface area (Å²) in [6.07, 6.45) is -2.91. The van der Waals surface area contributed by atoms with E-state index < -0.39 is 50.0 Å². The number of hydrogen-bond acceptors (Lipinski definition) is 3. The summed E-state index contributed by atoms with van der Waals surface area (Å²) in [5.41, 5.74) is -1.25. The summed E-state index contributed by atoms with van der Waals surface area (Å²) in [4.78, 5) is 10.9. The molecule has 0 spiro atoms. The number of rotatable bonds is 4. The van der Waals surface area contributed by atoms with Crippen LogP contribution in [0.2, 0.25) is 0 Å². The third kappa shape index (κ3) is 3.60. The molecule has 4 nitrogen and oxygen atoms in total. The maximum absolute atomic E-state index is 13.8.